The molecule has 2 aromatic rings. The van der Waals surface area contributed by atoms with Gasteiger partial charge in [0, 0.05) is 19.1 Å². The van der Waals surface area contributed by atoms with Crippen LogP contribution in [0.5, 0.6) is 0 Å². The first-order valence-electron chi connectivity index (χ1n) is 12.0. The van der Waals surface area contributed by atoms with Gasteiger partial charge < -0.3 is 25.2 Å². The van der Waals surface area contributed by atoms with Crippen molar-refractivity contribution in [2.24, 2.45) is 5.92 Å². The number of fused-ring (bicyclic) bond motifs is 3. The molecule has 4 rings (SSSR count). The van der Waals surface area contributed by atoms with Crippen molar-refractivity contribution < 1.29 is 29.0 Å². The Balaban J connectivity index is 1.40. The Morgan fingerprint density at radius 2 is 1.60 bits per heavy atom. The number of carbonyl (C=O) groups is 3. The smallest absolute Gasteiger partial charge is 0.407 e. The molecule has 2 amide bonds. The van der Waals surface area contributed by atoms with Crippen LogP contribution in [0, 0.1) is 5.92 Å². The predicted molar refractivity (Wildman–Crippen MR) is 130 cm³/mol. The zero-order chi connectivity index (χ0) is 25.0. The third-order valence-corrected chi connectivity index (χ3v) is 7.05. The average Bonchev–Trinajstić information content (AvgIpc) is 3.17. The lowest BCUT2D eigenvalue weighted by Gasteiger charge is -2.34. The van der Waals surface area contributed by atoms with Crippen molar-refractivity contribution in [1.82, 2.24) is 10.6 Å². The Morgan fingerprint density at radius 3 is 2.20 bits per heavy atom. The first kappa shape index (κ1) is 24.7. The molecule has 0 aliphatic heterocycles. The van der Waals surface area contributed by atoms with Crippen molar-refractivity contribution >= 4 is 18.0 Å². The number of carboxylic acid groups (broad SMARTS) is 1. The van der Waals surface area contributed by atoms with Gasteiger partial charge in [0.25, 0.3) is 0 Å². The summed E-state index contributed by atoms with van der Waals surface area (Å²) in [4.78, 5) is 37.5. The third-order valence-electron chi connectivity index (χ3n) is 7.05. The molecule has 8 heteroatoms. The number of alkyl carbamates (subject to hydrolysis) is 1. The number of benzene rings is 2. The third kappa shape index (κ3) is 5.17. The van der Waals surface area contributed by atoms with Crippen LogP contribution in [0.25, 0.3) is 11.1 Å². The number of carbonyl (C=O) groups excluding carboxylic acids is 2. The number of aliphatic carboxylic acids is 1. The van der Waals surface area contributed by atoms with Crippen LogP contribution in [0.4, 0.5) is 4.79 Å². The molecule has 1 fully saturated rings. The topological polar surface area (TPSA) is 114 Å². The van der Waals surface area contributed by atoms with E-state index < -0.39 is 35.5 Å². The second-order valence-corrected chi connectivity index (χ2v) is 9.53. The Bertz CT molecular complexity index is 1060. The van der Waals surface area contributed by atoms with E-state index in [1.807, 2.05) is 24.3 Å². The van der Waals surface area contributed by atoms with Gasteiger partial charge in [-0.15, -0.1) is 0 Å². The van der Waals surface area contributed by atoms with E-state index in [-0.39, 0.29) is 19.1 Å². The summed E-state index contributed by atoms with van der Waals surface area (Å²) in [6.07, 6.45) is 2.30. The van der Waals surface area contributed by atoms with Crippen molar-refractivity contribution in [3.05, 3.63) is 59.7 Å². The Kier molecular flexibility index (Phi) is 7.40. The molecule has 35 heavy (non-hydrogen) atoms. The Labute approximate surface area is 205 Å². The molecule has 0 heterocycles. The van der Waals surface area contributed by atoms with Gasteiger partial charge in [-0.05, 0) is 42.0 Å². The van der Waals surface area contributed by atoms with Crippen LogP contribution < -0.4 is 10.6 Å². The lowest BCUT2D eigenvalue weighted by atomic mass is 9.83. The molecule has 0 radical (unpaired) electrons. The fraction of sp³-hybridized carbons (Fsp3) is 0.444. The van der Waals surface area contributed by atoms with E-state index in [9.17, 15) is 19.5 Å². The molecule has 0 bridgehead atoms. The largest absolute Gasteiger partial charge is 0.479 e. The molecule has 8 nitrogen and oxygen atoms in total. The number of methoxy groups -OCH3 is 1. The van der Waals surface area contributed by atoms with Gasteiger partial charge in [-0.25, -0.2) is 9.59 Å². The number of hydrogen-bond donors (Lipinski definition) is 3. The van der Waals surface area contributed by atoms with Gasteiger partial charge in [-0.3, -0.25) is 4.79 Å². The summed E-state index contributed by atoms with van der Waals surface area (Å²) in [5.74, 6) is -2.18. The molecule has 0 aromatic heterocycles. The summed E-state index contributed by atoms with van der Waals surface area (Å²) in [5.41, 5.74) is 3.01. The van der Waals surface area contributed by atoms with Gasteiger partial charge >= 0.3 is 12.1 Å². The molecular formula is C27H32N2O6. The van der Waals surface area contributed by atoms with Crippen LogP contribution in [-0.4, -0.2) is 55.0 Å². The normalized spacial score (nSPS) is 20.7. The van der Waals surface area contributed by atoms with Gasteiger partial charge in [-0.2, -0.15) is 0 Å². The fourth-order valence-electron chi connectivity index (χ4n) is 5.21. The molecule has 2 aliphatic carbocycles. The predicted octanol–water partition coefficient (Wildman–Crippen LogP) is 3.69. The quantitative estimate of drug-likeness (QED) is 0.531. The second kappa shape index (κ2) is 10.5. The van der Waals surface area contributed by atoms with E-state index >= 15 is 0 Å². The van der Waals surface area contributed by atoms with Crippen LogP contribution in [0.2, 0.25) is 0 Å². The summed E-state index contributed by atoms with van der Waals surface area (Å²) in [6, 6.07) is 15.8. The highest BCUT2D eigenvalue weighted by molar-refractivity contribution is 5.88. The highest BCUT2D eigenvalue weighted by atomic mass is 16.5. The Morgan fingerprint density at radius 1 is 1.00 bits per heavy atom. The van der Waals surface area contributed by atoms with E-state index in [0.717, 1.165) is 35.1 Å². The lowest BCUT2D eigenvalue weighted by molar-refractivity contribution is -0.150. The highest BCUT2D eigenvalue weighted by Gasteiger charge is 2.40. The maximum atomic E-state index is 13.0. The number of ether oxygens (including phenoxy) is 2. The van der Waals surface area contributed by atoms with Gasteiger partial charge in [0.15, 0.2) is 5.54 Å². The second-order valence-electron chi connectivity index (χ2n) is 9.53. The van der Waals surface area contributed by atoms with Gasteiger partial charge in [0.2, 0.25) is 5.91 Å². The zero-order valence-electron chi connectivity index (χ0n) is 20.1. The monoisotopic (exact) mass is 480 g/mol. The SMILES string of the molecule is COCC(C)(NC(=O)[C@@H]1CCCC[C@@H]1NC(=O)OCC1c2ccccc2-c2ccccc21)C(=O)O. The van der Waals surface area contributed by atoms with Crippen LogP contribution in [-0.2, 0) is 19.1 Å². The van der Waals surface area contributed by atoms with Crippen molar-refractivity contribution in [2.45, 2.75) is 50.1 Å². The summed E-state index contributed by atoms with van der Waals surface area (Å²) < 4.78 is 10.6. The van der Waals surface area contributed by atoms with Crippen LogP contribution in [0.15, 0.2) is 48.5 Å². The Hall–Kier alpha value is -3.39. The minimum atomic E-state index is -1.54. The van der Waals surface area contributed by atoms with Crippen LogP contribution in [0.1, 0.15) is 49.7 Å². The summed E-state index contributed by atoms with van der Waals surface area (Å²) >= 11 is 0. The van der Waals surface area contributed by atoms with Crippen molar-refractivity contribution in [1.29, 1.82) is 0 Å². The number of carboxylic acids is 1. The zero-order valence-corrected chi connectivity index (χ0v) is 20.1. The fourth-order valence-corrected chi connectivity index (χ4v) is 5.21. The van der Waals surface area contributed by atoms with E-state index in [2.05, 4.69) is 34.9 Å². The molecule has 3 atom stereocenters. The minimum absolute atomic E-state index is 0.0519. The van der Waals surface area contributed by atoms with Crippen molar-refractivity contribution in [3.63, 3.8) is 0 Å². The van der Waals surface area contributed by atoms with Gasteiger partial charge in [0.1, 0.15) is 6.61 Å². The maximum Gasteiger partial charge on any atom is 0.407 e. The molecule has 2 aromatic carbocycles. The maximum absolute atomic E-state index is 13.0. The summed E-state index contributed by atoms with van der Waals surface area (Å²) in [6.45, 7) is 1.44. The lowest BCUT2D eigenvalue weighted by Crippen LogP contribution is -2.59. The first-order valence-corrected chi connectivity index (χ1v) is 12.0. The number of nitrogens with one attached hydrogen (secondary N) is 2. The molecule has 1 unspecified atom stereocenters. The molecule has 3 N–H and O–H groups in total. The molecule has 186 valence electrons. The average molecular weight is 481 g/mol. The molecule has 0 saturated heterocycles. The molecular weight excluding hydrogens is 448 g/mol. The van der Waals surface area contributed by atoms with E-state index in [1.165, 1.54) is 14.0 Å². The standard InChI is InChI=1S/C27H32N2O6/c1-27(16-34-2,25(31)32)29-24(30)21-13-7-8-14-23(21)28-26(33)35-15-22-19-11-5-3-9-17(19)18-10-4-6-12-20(18)22/h3-6,9-12,21-23H,7-8,13-16H2,1-2H3,(H,28,33)(H,29,30)(H,31,32)/t21-,23+,27?/m1/s1. The first-order chi connectivity index (χ1) is 16.8. The van der Waals surface area contributed by atoms with Crippen molar-refractivity contribution in [2.75, 3.05) is 20.3 Å². The minimum Gasteiger partial charge on any atom is -0.479 e. The highest BCUT2D eigenvalue weighted by Crippen LogP contribution is 2.44. The van der Waals surface area contributed by atoms with Crippen LogP contribution in [0.3, 0.4) is 0 Å². The molecule has 0 spiro atoms. The van der Waals surface area contributed by atoms with E-state index in [1.54, 1.807) is 0 Å². The summed E-state index contributed by atoms with van der Waals surface area (Å²) in [7, 11) is 1.38. The van der Waals surface area contributed by atoms with Gasteiger partial charge in [-0.1, -0.05) is 61.4 Å². The van der Waals surface area contributed by atoms with Crippen molar-refractivity contribution in [3.8, 4) is 11.1 Å². The number of hydrogen-bond acceptors (Lipinski definition) is 5. The molecule has 1 saturated carbocycles. The molecule has 2 aliphatic rings. The number of rotatable bonds is 8. The van der Waals surface area contributed by atoms with E-state index in [0.29, 0.717) is 12.8 Å². The summed E-state index contributed by atoms with van der Waals surface area (Å²) in [5, 5.41) is 15.0. The van der Waals surface area contributed by atoms with E-state index in [4.69, 9.17) is 9.47 Å². The van der Waals surface area contributed by atoms with Crippen LogP contribution >= 0.6 is 0 Å². The van der Waals surface area contributed by atoms with Gasteiger partial charge in [0.05, 0.1) is 12.5 Å². The number of amides is 2.